The second-order valence-corrected chi connectivity index (χ2v) is 8.58. The van der Waals surface area contributed by atoms with E-state index in [4.69, 9.17) is 20.2 Å². The molecule has 0 radical (unpaired) electrons. The van der Waals surface area contributed by atoms with Gasteiger partial charge in [-0.1, -0.05) is 13.8 Å². The van der Waals surface area contributed by atoms with Gasteiger partial charge in [-0.15, -0.1) is 0 Å². The molecule has 0 amide bonds. The predicted octanol–water partition coefficient (Wildman–Crippen LogP) is 4.82. The molecule has 0 aliphatic heterocycles. The van der Waals surface area contributed by atoms with Crippen molar-refractivity contribution in [2.24, 2.45) is 0 Å². The number of ether oxygens (including phenoxy) is 2. The molecule has 0 saturated heterocycles. The van der Waals surface area contributed by atoms with Crippen LogP contribution in [0.4, 0.5) is 17.2 Å². The van der Waals surface area contributed by atoms with Crippen LogP contribution in [0.25, 0.3) is 22.3 Å². The minimum atomic E-state index is 0.442. The van der Waals surface area contributed by atoms with Crippen LogP contribution in [0.3, 0.4) is 0 Å². The van der Waals surface area contributed by atoms with E-state index >= 15 is 0 Å². The van der Waals surface area contributed by atoms with Crippen LogP contribution in [0.2, 0.25) is 0 Å². The van der Waals surface area contributed by atoms with Crippen molar-refractivity contribution >= 4 is 28.2 Å². The molecule has 0 fully saturated rings. The first-order chi connectivity index (χ1) is 17.0. The molecule has 0 aliphatic rings. The number of methoxy groups -OCH3 is 2. The Hall–Kier alpha value is -3.91. The highest BCUT2D eigenvalue weighted by Crippen LogP contribution is 2.34. The molecule has 0 unspecified atom stereocenters. The summed E-state index contributed by atoms with van der Waals surface area (Å²) in [6, 6.07) is 16.2. The third-order valence-electron chi connectivity index (χ3n) is 5.67. The monoisotopic (exact) mass is 472 g/mol. The Morgan fingerprint density at radius 2 is 1.69 bits per heavy atom. The molecule has 0 saturated carbocycles. The highest BCUT2D eigenvalue weighted by Gasteiger charge is 2.14. The Balaban J connectivity index is 1.73. The minimum Gasteiger partial charge on any atom is -0.497 e. The molecule has 8 nitrogen and oxygen atoms in total. The highest BCUT2D eigenvalue weighted by atomic mass is 16.5. The summed E-state index contributed by atoms with van der Waals surface area (Å²) in [7, 11) is 3.32. The van der Waals surface area contributed by atoms with Gasteiger partial charge in [-0.2, -0.15) is 0 Å². The van der Waals surface area contributed by atoms with Crippen LogP contribution in [0.1, 0.15) is 20.3 Å². The molecule has 0 spiro atoms. The maximum absolute atomic E-state index is 5.87. The first-order valence-electron chi connectivity index (χ1n) is 11.7. The van der Waals surface area contributed by atoms with Crippen LogP contribution >= 0.6 is 0 Å². The number of anilines is 3. The van der Waals surface area contributed by atoms with Crippen LogP contribution in [0.5, 0.6) is 11.5 Å². The van der Waals surface area contributed by atoms with Gasteiger partial charge in [0.05, 0.1) is 37.1 Å². The number of nitrogens with two attached hydrogens (primary N) is 1. The summed E-state index contributed by atoms with van der Waals surface area (Å²) < 4.78 is 11.1. The van der Waals surface area contributed by atoms with Gasteiger partial charge in [-0.25, -0.2) is 9.97 Å². The van der Waals surface area contributed by atoms with Gasteiger partial charge in [0.15, 0.2) is 0 Å². The van der Waals surface area contributed by atoms with Crippen molar-refractivity contribution in [2.45, 2.75) is 26.3 Å². The third-order valence-corrected chi connectivity index (χ3v) is 5.67. The summed E-state index contributed by atoms with van der Waals surface area (Å²) >= 11 is 0. The largest absolute Gasteiger partial charge is 0.497 e. The fraction of sp³-hybridized carbons (Fsp3) is 0.296. The van der Waals surface area contributed by atoms with Crippen LogP contribution in [0.15, 0.2) is 60.9 Å². The quantitative estimate of drug-likeness (QED) is 0.317. The molecule has 3 N–H and O–H groups in total. The first-order valence-corrected chi connectivity index (χ1v) is 11.7. The SMILES string of the molecule is COc1cc(OC)cc(N(CCCNC(C)C)c2ccc3ncc(-c4ccnc(N)c4)nc3c2)c1. The van der Waals surface area contributed by atoms with E-state index in [0.29, 0.717) is 11.9 Å². The van der Waals surface area contributed by atoms with E-state index in [-0.39, 0.29) is 0 Å². The second-order valence-electron chi connectivity index (χ2n) is 8.58. The number of nitrogens with one attached hydrogen (secondary N) is 1. The van der Waals surface area contributed by atoms with E-state index in [2.05, 4.69) is 46.2 Å². The van der Waals surface area contributed by atoms with Crippen molar-refractivity contribution in [3.05, 3.63) is 60.9 Å². The minimum absolute atomic E-state index is 0.442. The van der Waals surface area contributed by atoms with E-state index in [1.54, 1.807) is 32.7 Å². The topological polar surface area (TPSA) is 98.4 Å². The molecular formula is C27H32N6O2. The zero-order valence-corrected chi connectivity index (χ0v) is 20.7. The number of rotatable bonds is 10. The molecule has 0 bridgehead atoms. The Labute approximate surface area is 206 Å². The van der Waals surface area contributed by atoms with Crippen molar-refractivity contribution < 1.29 is 9.47 Å². The molecule has 0 aliphatic carbocycles. The summed E-state index contributed by atoms with van der Waals surface area (Å²) in [5.41, 5.74) is 11.1. The predicted molar refractivity (Wildman–Crippen MR) is 141 cm³/mol. The summed E-state index contributed by atoms with van der Waals surface area (Å²) in [4.78, 5) is 15.8. The Morgan fingerprint density at radius 1 is 0.914 bits per heavy atom. The lowest BCUT2D eigenvalue weighted by molar-refractivity contribution is 0.394. The van der Waals surface area contributed by atoms with Crippen molar-refractivity contribution in [3.63, 3.8) is 0 Å². The number of hydrogen-bond donors (Lipinski definition) is 2. The van der Waals surface area contributed by atoms with Crippen LogP contribution in [-0.4, -0.2) is 48.3 Å². The number of pyridine rings is 1. The molecule has 182 valence electrons. The average Bonchev–Trinajstić information content (AvgIpc) is 2.87. The van der Waals surface area contributed by atoms with Crippen molar-refractivity contribution in [3.8, 4) is 22.8 Å². The number of nitrogen functional groups attached to an aromatic ring is 1. The van der Waals surface area contributed by atoms with Gasteiger partial charge in [-0.05, 0) is 43.3 Å². The maximum Gasteiger partial charge on any atom is 0.124 e. The molecule has 35 heavy (non-hydrogen) atoms. The Morgan fingerprint density at radius 3 is 2.37 bits per heavy atom. The number of aromatic nitrogens is 3. The Kier molecular flexibility index (Phi) is 7.62. The fourth-order valence-corrected chi connectivity index (χ4v) is 3.90. The Bertz CT molecular complexity index is 1270. The second kappa shape index (κ2) is 11.0. The van der Waals surface area contributed by atoms with Gasteiger partial charge in [0.25, 0.3) is 0 Å². The fourth-order valence-electron chi connectivity index (χ4n) is 3.90. The molecule has 4 aromatic rings. The zero-order chi connectivity index (χ0) is 24.8. The van der Waals surface area contributed by atoms with Crippen molar-refractivity contribution in [1.82, 2.24) is 20.3 Å². The summed E-state index contributed by atoms with van der Waals surface area (Å²) in [5.74, 6) is 1.93. The zero-order valence-electron chi connectivity index (χ0n) is 20.7. The summed E-state index contributed by atoms with van der Waals surface area (Å²) in [6.07, 6.45) is 4.40. The molecule has 2 aromatic heterocycles. The standard InChI is InChI=1S/C27H32N6O2/c1-18(2)29-9-5-11-33(21-13-22(34-3)16-23(14-21)35-4)20-6-7-24-25(15-20)32-26(17-31-24)19-8-10-30-27(28)12-19/h6-8,10,12-18,29H,5,9,11H2,1-4H3,(H2,28,30). The smallest absolute Gasteiger partial charge is 0.124 e. The van der Waals surface area contributed by atoms with E-state index in [9.17, 15) is 0 Å². The molecule has 0 atom stereocenters. The molecule has 2 heterocycles. The number of benzene rings is 2. The average molecular weight is 473 g/mol. The first kappa shape index (κ1) is 24.2. The van der Waals surface area contributed by atoms with Gasteiger partial charge in [0.1, 0.15) is 17.3 Å². The normalized spacial score (nSPS) is 11.1. The van der Waals surface area contributed by atoms with Crippen LogP contribution < -0.4 is 25.4 Å². The summed E-state index contributed by atoms with van der Waals surface area (Å²) in [6.45, 7) is 6.02. The molecule has 2 aromatic carbocycles. The van der Waals surface area contributed by atoms with Crippen molar-refractivity contribution in [2.75, 3.05) is 37.9 Å². The molecular weight excluding hydrogens is 440 g/mol. The van der Waals surface area contributed by atoms with Crippen LogP contribution in [0, 0.1) is 0 Å². The lowest BCUT2D eigenvalue weighted by Crippen LogP contribution is -2.27. The number of fused-ring (bicyclic) bond motifs is 1. The lowest BCUT2D eigenvalue weighted by atomic mass is 10.1. The van der Waals surface area contributed by atoms with Gasteiger partial charge in [0.2, 0.25) is 0 Å². The lowest BCUT2D eigenvalue weighted by Gasteiger charge is -2.26. The van der Waals surface area contributed by atoms with E-state index < -0.39 is 0 Å². The molecule has 8 heteroatoms. The maximum atomic E-state index is 5.87. The highest BCUT2D eigenvalue weighted by molar-refractivity contribution is 5.83. The number of hydrogen-bond acceptors (Lipinski definition) is 8. The van der Waals surface area contributed by atoms with Crippen LogP contribution in [-0.2, 0) is 0 Å². The number of nitrogens with zero attached hydrogens (tertiary/aromatic N) is 4. The van der Waals surface area contributed by atoms with E-state index in [0.717, 1.165) is 64.7 Å². The van der Waals surface area contributed by atoms with Gasteiger partial charge in [0, 0.05) is 53.9 Å². The van der Waals surface area contributed by atoms with Gasteiger partial charge < -0.3 is 25.4 Å². The van der Waals surface area contributed by atoms with E-state index in [1.807, 2.05) is 30.3 Å². The third kappa shape index (κ3) is 5.96. The summed E-state index contributed by atoms with van der Waals surface area (Å²) in [5, 5.41) is 3.49. The van der Waals surface area contributed by atoms with Crippen molar-refractivity contribution in [1.29, 1.82) is 0 Å². The van der Waals surface area contributed by atoms with Gasteiger partial charge in [-0.3, -0.25) is 4.98 Å². The van der Waals surface area contributed by atoms with Gasteiger partial charge >= 0.3 is 0 Å². The molecule has 4 rings (SSSR count). The van der Waals surface area contributed by atoms with E-state index in [1.165, 1.54) is 0 Å².